The first-order valence-corrected chi connectivity index (χ1v) is 15.2. The molecular formula is C28H30BrCl2N3O4S. The second kappa shape index (κ2) is 13.2. The largest absolute Gasteiger partial charge is 0.352 e. The summed E-state index contributed by atoms with van der Waals surface area (Å²) in [6.07, 6.45) is 0. The van der Waals surface area contributed by atoms with E-state index < -0.39 is 28.5 Å². The van der Waals surface area contributed by atoms with Crippen molar-refractivity contribution in [3.8, 4) is 0 Å². The molecule has 3 aromatic carbocycles. The molecule has 1 unspecified atom stereocenters. The number of carbonyl (C=O) groups is 2. The predicted octanol–water partition coefficient (Wildman–Crippen LogP) is 6.20. The highest BCUT2D eigenvalue weighted by Crippen LogP contribution is 2.27. The number of hydrogen-bond donors (Lipinski definition) is 1. The highest BCUT2D eigenvalue weighted by atomic mass is 79.9. The van der Waals surface area contributed by atoms with Gasteiger partial charge in [-0.25, -0.2) is 8.42 Å². The number of anilines is 1. The summed E-state index contributed by atoms with van der Waals surface area (Å²) < 4.78 is 29.4. The average molecular weight is 655 g/mol. The molecule has 0 radical (unpaired) electrons. The Morgan fingerprint density at radius 3 is 2.10 bits per heavy atom. The van der Waals surface area contributed by atoms with Crippen molar-refractivity contribution < 1.29 is 18.0 Å². The van der Waals surface area contributed by atoms with Crippen molar-refractivity contribution in [3.05, 3.63) is 92.4 Å². The Morgan fingerprint density at radius 1 is 0.923 bits per heavy atom. The zero-order valence-corrected chi connectivity index (χ0v) is 25.9. The molecule has 0 heterocycles. The van der Waals surface area contributed by atoms with Crippen LogP contribution in [0.5, 0.6) is 0 Å². The molecule has 3 aromatic rings. The minimum atomic E-state index is -4.13. The fraction of sp³-hybridized carbons (Fsp3) is 0.286. The van der Waals surface area contributed by atoms with Gasteiger partial charge in [-0.2, -0.15) is 0 Å². The molecule has 1 atom stereocenters. The highest BCUT2D eigenvalue weighted by molar-refractivity contribution is 9.10. The number of hydrogen-bond acceptors (Lipinski definition) is 4. The summed E-state index contributed by atoms with van der Waals surface area (Å²) in [4.78, 5) is 28.2. The molecule has 0 bridgehead atoms. The van der Waals surface area contributed by atoms with Crippen molar-refractivity contribution >= 4 is 66.7 Å². The summed E-state index contributed by atoms with van der Waals surface area (Å²) in [5.41, 5.74) is 1.84. The van der Waals surface area contributed by atoms with E-state index in [-0.39, 0.29) is 23.4 Å². The summed E-state index contributed by atoms with van der Waals surface area (Å²) in [6.45, 7) is 6.58. The number of aryl methyl sites for hydroxylation is 1. The average Bonchev–Trinajstić information content (AvgIpc) is 2.87. The molecule has 0 fully saturated rings. The Labute approximate surface area is 248 Å². The van der Waals surface area contributed by atoms with Crippen molar-refractivity contribution in [3.63, 3.8) is 0 Å². The van der Waals surface area contributed by atoms with Gasteiger partial charge in [-0.05, 0) is 81.8 Å². The molecule has 11 heteroatoms. The summed E-state index contributed by atoms with van der Waals surface area (Å²) in [6, 6.07) is 16.9. The zero-order valence-electron chi connectivity index (χ0n) is 22.0. The van der Waals surface area contributed by atoms with E-state index in [9.17, 15) is 18.0 Å². The van der Waals surface area contributed by atoms with Crippen LogP contribution in [-0.4, -0.2) is 43.8 Å². The summed E-state index contributed by atoms with van der Waals surface area (Å²) in [7, 11) is -4.13. The Morgan fingerprint density at radius 2 is 1.54 bits per heavy atom. The molecule has 0 aliphatic rings. The Bertz CT molecular complexity index is 1430. The third kappa shape index (κ3) is 7.97. The van der Waals surface area contributed by atoms with E-state index in [1.54, 1.807) is 61.5 Å². The Balaban J connectivity index is 2.04. The number of rotatable bonds is 10. The molecule has 0 saturated heterocycles. The second-order valence-corrected chi connectivity index (χ2v) is 13.0. The number of nitrogens with zero attached hydrogens (tertiary/aromatic N) is 2. The molecule has 0 aromatic heterocycles. The Kier molecular flexibility index (Phi) is 10.5. The first-order valence-electron chi connectivity index (χ1n) is 12.2. The van der Waals surface area contributed by atoms with E-state index in [4.69, 9.17) is 23.2 Å². The molecule has 0 aliphatic heterocycles. The van der Waals surface area contributed by atoms with E-state index in [2.05, 4.69) is 21.2 Å². The third-order valence-corrected chi connectivity index (χ3v) is 8.99. The topological polar surface area (TPSA) is 86.8 Å². The quantitative estimate of drug-likeness (QED) is 0.282. The van der Waals surface area contributed by atoms with E-state index >= 15 is 0 Å². The minimum Gasteiger partial charge on any atom is -0.352 e. The van der Waals surface area contributed by atoms with Gasteiger partial charge in [-0.3, -0.25) is 13.9 Å². The van der Waals surface area contributed by atoms with E-state index in [1.165, 1.54) is 17.0 Å². The molecule has 7 nitrogen and oxygen atoms in total. The van der Waals surface area contributed by atoms with Crippen LogP contribution in [0.1, 0.15) is 31.9 Å². The van der Waals surface area contributed by atoms with Crippen LogP contribution >= 0.6 is 39.1 Å². The number of benzene rings is 3. The molecule has 39 heavy (non-hydrogen) atoms. The van der Waals surface area contributed by atoms with Crippen molar-refractivity contribution in [1.29, 1.82) is 0 Å². The smallest absolute Gasteiger partial charge is 0.264 e. The number of nitrogens with one attached hydrogen (secondary N) is 1. The normalized spacial score (nSPS) is 12.2. The lowest BCUT2D eigenvalue weighted by Gasteiger charge is -2.32. The van der Waals surface area contributed by atoms with Crippen LogP contribution in [-0.2, 0) is 26.2 Å². The molecule has 0 saturated carbocycles. The van der Waals surface area contributed by atoms with Gasteiger partial charge in [-0.15, -0.1) is 0 Å². The van der Waals surface area contributed by atoms with Crippen LogP contribution in [0.3, 0.4) is 0 Å². The van der Waals surface area contributed by atoms with Crippen LogP contribution in [0, 0.1) is 6.92 Å². The van der Waals surface area contributed by atoms with Gasteiger partial charge in [0.15, 0.2) is 0 Å². The summed E-state index contributed by atoms with van der Waals surface area (Å²) in [5, 5.41) is 3.48. The number of sulfonamides is 1. The molecule has 2 amide bonds. The molecule has 208 valence electrons. The van der Waals surface area contributed by atoms with Crippen LogP contribution in [0.2, 0.25) is 10.0 Å². The maximum absolute atomic E-state index is 13.9. The fourth-order valence-corrected chi connectivity index (χ4v) is 5.80. The van der Waals surface area contributed by atoms with Gasteiger partial charge < -0.3 is 10.2 Å². The first-order chi connectivity index (χ1) is 18.3. The summed E-state index contributed by atoms with van der Waals surface area (Å²) >= 11 is 15.6. The van der Waals surface area contributed by atoms with E-state index in [1.807, 2.05) is 20.8 Å². The van der Waals surface area contributed by atoms with Gasteiger partial charge in [0.25, 0.3) is 10.0 Å². The van der Waals surface area contributed by atoms with Crippen molar-refractivity contribution in [1.82, 2.24) is 10.2 Å². The van der Waals surface area contributed by atoms with Crippen LogP contribution in [0.15, 0.2) is 76.1 Å². The second-order valence-electron chi connectivity index (χ2n) is 9.41. The molecule has 3 rings (SSSR count). The number of amides is 2. The monoisotopic (exact) mass is 653 g/mol. The first kappa shape index (κ1) is 30.9. The van der Waals surface area contributed by atoms with Crippen molar-refractivity contribution in [2.45, 2.75) is 51.2 Å². The van der Waals surface area contributed by atoms with Gasteiger partial charge in [0, 0.05) is 17.1 Å². The lowest BCUT2D eigenvalue weighted by Crippen LogP contribution is -2.52. The minimum absolute atomic E-state index is 0.0150. The van der Waals surface area contributed by atoms with E-state index in [0.29, 0.717) is 21.3 Å². The van der Waals surface area contributed by atoms with Crippen LogP contribution in [0.25, 0.3) is 0 Å². The molecule has 0 aliphatic carbocycles. The lowest BCUT2D eigenvalue weighted by molar-refractivity contribution is -0.139. The third-order valence-electron chi connectivity index (χ3n) is 5.94. The van der Waals surface area contributed by atoms with Gasteiger partial charge in [-0.1, -0.05) is 62.9 Å². The van der Waals surface area contributed by atoms with Gasteiger partial charge in [0.2, 0.25) is 11.8 Å². The predicted molar refractivity (Wildman–Crippen MR) is 160 cm³/mol. The molecule has 0 spiro atoms. The lowest BCUT2D eigenvalue weighted by atomic mass is 10.1. The number of halogens is 3. The number of carbonyl (C=O) groups excluding carboxylic acids is 2. The van der Waals surface area contributed by atoms with Gasteiger partial charge in [0.1, 0.15) is 12.6 Å². The molecular weight excluding hydrogens is 625 g/mol. The van der Waals surface area contributed by atoms with Crippen molar-refractivity contribution in [2.75, 3.05) is 10.8 Å². The Hall–Kier alpha value is -2.59. The van der Waals surface area contributed by atoms with Crippen LogP contribution < -0.4 is 9.62 Å². The van der Waals surface area contributed by atoms with Gasteiger partial charge >= 0.3 is 0 Å². The van der Waals surface area contributed by atoms with E-state index in [0.717, 1.165) is 14.3 Å². The van der Waals surface area contributed by atoms with Gasteiger partial charge in [0.05, 0.1) is 20.6 Å². The summed E-state index contributed by atoms with van der Waals surface area (Å²) in [5.74, 6) is -0.930. The zero-order chi connectivity index (χ0) is 28.9. The molecule has 1 N–H and O–H groups in total. The maximum atomic E-state index is 13.9. The fourth-order valence-electron chi connectivity index (χ4n) is 3.80. The standard InChI is InChI=1S/C28H30BrCl2N3O4S/c1-18(2)32-28(36)20(4)33(16-21-7-14-25(30)26(31)15-21)27(35)17-34(23-10-8-22(29)9-11-23)39(37,38)24-12-5-19(3)6-13-24/h5-15,18,20H,16-17H2,1-4H3,(H,32,36). The highest BCUT2D eigenvalue weighted by Gasteiger charge is 2.32. The van der Waals surface area contributed by atoms with Crippen LogP contribution in [0.4, 0.5) is 5.69 Å². The SMILES string of the molecule is Cc1ccc(S(=O)(=O)N(CC(=O)N(Cc2ccc(Cl)c(Cl)c2)C(C)C(=O)NC(C)C)c2ccc(Br)cc2)cc1. The maximum Gasteiger partial charge on any atom is 0.264 e. The van der Waals surface area contributed by atoms with Crippen molar-refractivity contribution in [2.24, 2.45) is 0 Å².